The standard InChI is InChI=1S/C10H16N4OS.2ClH/c11-7-1-3-14(4-2-7)9(15)5-8-6-16-10(12)13-8;;/h6-7H,1-5,11H2,(H2,12,13);2*1H. The molecule has 8 heteroatoms. The van der Waals surface area contributed by atoms with Crippen LogP contribution in [0.3, 0.4) is 0 Å². The fraction of sp³-hybridized carbons (Fsp3) is 0.600. The van der Waals surface area contributed by atoms with Crippen molar-refractivity contribution < 1.29 is 4.79 Å². The summed E-state index contributed by atoms with van der Waals surface area (Å²) in [6.07, 6.45) is 2.14. The molecule has 1 aromatic heterocycles. The lowest BCUT2D eigenvalue weighted by molar-refractivity contribution is -0.131. The number of likely N-dealkylation sites (tertiary alicyclic amines) is 1. The zero-order chi connectivity index (χ0) is 11.5. The number of halogens is 2. The third-order valence-electron chi connectivity index (χ3n) is 2.79. The van der Waals surface area contributed by atoms with Gasteiger partial charge in [-0.15, -0.1) is 36.2 Å². The van der Waals surface area contributed by atoms with Crippen LogP contribution >= 0.6 is 36.2 Å². The second kappa shape index (κ2) is 7.78. The first-order valence-corrected chi connectivity index (χ1v) is 6.26. The number of hydrogen-bond donors (Lipinski definition) is 2. The average Bonchev–Trinajstić information content (AvgIpc) is 2.65. The molecule has 5 nitrogen and oxygen atoms in total. The summed E-state index contributed by atoms with van der Waals surface area (Å²) >= 11 is 1.37. The molecule has 104 valence electrons. The Kier molecular flexibility index (Phi) is 7.54. The van der Waals surface area contributed by atoms with Gasteiger partial charge < -0.3 is 16.4 Å². The van der Waals surface area contributed by atoms with E-state index < -0.39 is 0 Å². The Labute approximate surface area is 123 Å². The maximum atomic E-state index is 11.9. The highest BCUT2D eigenvalue weighted by Crippen LogP contribution is 2.14. The van der Waals surface area contributed by atoms with Crippen LogP contribution in [0.4, 0.5) is 5.13 Å². The third kappa shape index (κ3) is 4.61. The first kappa shape index (κ1) is 17.4. The molecule has 0 atom stereocenters. The van der Waals surface area contributed by atoms with Crippen molar-refractivity contribution in [1.82, 2.24) is 9.88 Å². The maximum Gasteiger partial charge on any atom is 0.228 e. The second-order valence-corrected chi connectivity index (χ2v) is 4.96. The molecule has 1 fully saturated rings. The van der Waals surface area contributed by atoms with Gasteiger partial charge in [0.25, 0.3) is 0 Å². The predicted octanol–water partition coefficient (Wildman–Crippen LogP) is 1.06. The Morgan fingerprint density at radius 2 is 2.06 bits per heavy atom. The van der Waals surface area contributed by atoms with Crippen LogP contribution in [0.1, 0.15) is 18.5 Å². The van der Waals surface area contributed by atoms with Gasteiger partial charge in [-0.25, -0.2) is 4.98 Å². The van der Waals surface area contributed by atoms with Crippen LogP contribution in [0, 0.1) is 0 Å². The number of carbonyl (C=O) groups is 1. The molecule has 2 heterocycles. The van der Waals surface area contributed by atoms with Crippen molar-refractivity contribution in [2.24, 2.45) is 5.73 Å². The first-order chi connectivity index (χ1) is 7.65. The van der Waals surface area contributed by atoms with E-state index in [9.17, 15) is 4.79 Å². The van der Waals surface area contributed by atoms with Crippen LogP contribution < -0.4 is 11.5 Å². The topological polar surface area (TPSA) is 85.2 Å². The number of nitrogens with two attached hydrogens (primary N) is 2. The molecule has 0 aliphatic carbocycles. The molecule has 0 bridgehead atoms. The summed E-state index contributed by atoms with van der Waals surface area (Å²) in [6, 6.07) is 0.249. The van der Waals surface area contributed by atoms with Gasteiger partial charge in [0.15, 0.2) is 5.13 Å². The van der Waals surface area contributed by atoms with Gasteiger partial charge in [-0.2, -0.15) is 0 Å². The number of carbonyl (C=O) groups excluding carboxylic acids is 1. The van der Waals surface area contributed by atoms with E-state index in [-0.39, 0.29) is 36.8 Å². The highest BCUT2D eigenvalue weighted by atomic mass is 35.5. The molecule has 0 spiro atoms. The molecule has 1 saturated heterocycles. The van der Waals surface area contributed by atoms with Gasteiger partial charge in [0.05, 0.1) is 12.1 Å². The fourth-order valence-electron chi connectivity index (χ4n) is 1.82. The minimum absolute atomic E-state index is 0. The molecule has 0 radical (unpaired) electrons. The van der Waals surface area contributed by atoms with Crippen LogP contribution in [-0.4, -0.2) is 34.9 Å². The Morgan fingerprint density at radius 1 is 1.44 bits per heavy atom. The molecule has 1 aromatic rings. The number of nitrogen functional groups attached to an aromatic ring is 1. The zero-order valence-corrected chi connectivity index (χ0v) is 12.3. The van der Waals surface area contributed by atoms with Crippen LogP contribution in [0.2, 0.25) is 0 Å². The summed E-state index contributed by atoms with van der Waals surface area (Å²) in [4.78, 5) is 17.8. The minimum atomic E-state index is 0. The van der Waals surface area contributed by atoms with Gasteiger partial charge in [-0.3, -0.25) is 4.79 Å². The molecule has 4 N–H and O–H groups in total. The van der Waals surface area contributed by atoms with Crippen molar-refractivity contribution in [2.45, 2.75) is 25.3 Å². The highest BCUT2D eigenvalue weighted by Gasteiger charge is 2.21. The molecule has 1 amide bonds. The number of piperidine rings is 1. The van der Waals surface area contributed by atoms with E-state index in [0.29, 0.717) is 11.6 Å². The van der Waals surface area contributed by atoms with Crippen LogP contribution in [0.5, 0.6) is 0 Å². The number of rotatable bonds is 2. The van der Waals surface area contributed by atoms with Crippen molar-refractivity contribution >= 4 is 47.2 Å². The smallest absolute Gasteiger partial charge is 0.228 e. The highest BCUT2D eigenvalue weighted by molar-refractivity contribution is 7.13. The van der Waals surface area contributed by atoms with Crippen molar-refractivity contribution in [3.8, 4) is 0 Å². The van der Waals surface area contributed by atoms with Crippen LogP contribution in [0.25, 0.3) is 0 Å². The fourth-order valence-corrected chi connectivity index (χ4v) is 2.38. The summed E-state index contributed by atoms with van der Waals surface area (Å²) in [6.45, 7) is 1.53. The van der Waals surface area contributed by atoms with Crippen molar-refractivity contribution in [1.29, 1.82) is 0 Å². The largest absolute Gasteiger partial charge is 0.375 e. The lowest BCUT2D eigenvalue weighted by Gasteiger charge is -2.30. The lowest BCUT2D eigenvalue weighted by atomic mass is 10.1. The molecule has 0 saturated carbocycles. The van der Waals surface area contributed by atoms with Crippen molar-refractivity contribution in [3.05, 3.63) is 11.1 Å². The normalized spacial score (nSPS) is 15.7. The summed E-state index contributed by atoms with van der Waals surface area (Å²) in [7, 11) is 0. The molecule has 0 unspecified atom stereocenters. The van der Waals surface area contributed by atoms with E-state index in [0.717, 1.165) is 31.6 Å². The van der Waals surface area contributed by atoms with Crippen LogP contribution in [-0.2, 0) is 11.2 Å². The third-order valence-corrected chi connectivity index (χ3v) is 3.52. The Balaban J connectivity index is 0.00000144. The first-order valence-electron chi connectivity index (χ1n) is 5.38. The quantitative estimate of drug-likeness (QED) is 0.855. The Hall–Kier alpha value is -0.560. The van der Waals surface area contributed by atoms with Gasteiger partial charge in [0, 0.05) is 24.5 Å². The average molecular weight is 313 g/mol. The molecule has 1 aliphatic heterocycles. The van der Waals surface area contributed by atoms with E-state index in [4.69, 9.17) is 11.5 Å². The Bertz CT molecular complexity index is 380. The number of hydrogen-bond acceptors (Lipinski definition) is 5. The van der Waals surface area contributed by atoms with E-state index in [1.54, 1.807) is 0 Å². The number of aromatic nitrogens is 1. The summed E-state index contributed by atoms with van der Waals surface area (Å²) in [5.74, 6) is 0.122. The van der Waals surface area contributed by atoms with Gasteiger partial charge in [-0.1, -0.05) is 0 Å². The van der Waals surface area contributed by atoms with Gasteiger partial charge in [-0.05, 0) is 12.8 Å². The maximum absolute atomic E-state index is 11.9. The van der Waals surface area contributed by atoms with E-state index in [1.165, 1.54) is 11.3 Å². The summed E-state index contributed by atoms with van der Waals surface area (Å²) < 4.78 is 0. The molecule has 2 rings (SSSR count). The number of thiazole rings is 1. The van der Waals surface area contributed by atoms with E-state index in [2.05, 4.69) is 4.98 Å². The minimum Gasteiger partial charge on any atom is -0.375 e. The predicted molar refractivity (Wildman–Crippen MR) is 78.5 cm³/mol. The zero-order valence-electron chi connectivity index (χ0n) is 9.87. The van der Waals surface area contributed by atoms with Gasteiger partial charge in [0.2, 0.25) is 5.91 Å². The monoisotopic (exact) mass is 312 g/mol. The van der Waals surface area contributed by atoms with Gasteiger partial charge in [0.1, 0.15) is 0 Å². The van der Waals surface area contributed by atoms with E-state index in [1.807, 2.05) is 10.3 Å². The molecule has 0 aromatic carbocycles. The van der Waals surface area contributed by atoms with Gasteiger partial charge >= 0.3 is 0 Å². The summed E-state index contributed by atoms with van der Waals surface area (Å²) in [5, 5.41) is 2.35. The molecule has 1 aliphatic rings. The SMILES string of the molecule is Cl.Cl.Nc1nc(CC(=O)N2CCC(N)CC2)cs1. The summed E-state index contributed by atoms with van der Waals surface area (Å²) in [5.41, 5.74) is 12.1. The molecular formula is C10H18Cl2N4OS. The molecular weight excluding hydrogens is 295 g/mol. The molecule has 18 heavy (non-hydrogen) atoms. The lowest BCUT2D eigenvalue weighted by Crippen LogP contribution is -2.43. The van der Waals surface area contributed by atoms with Crippen LogP contribution in [0.15, 0.2) is 5.38 Å². The second-order valence-electron chi connectivity index (χ2n) is 4.07. The van der Waals surface area contributed by atoms with E-state index >= 15 is 0 Å². The Morgan fingerprint density at radius 3 is 2.56 bits per heavy atom. The number of amides is 1. The number of anilines is 1. The van der Waals surface area contributed by atoms with Crippen molar-refractivity contribution in [3.63, 3.8) is 0 Å². The van der Waals surface area contributed by atoms with Crippen molar-refractivity contribution in [2.75, 3.05) is 18.8 Å². The number of nitrogens with zero attached hydrogens (tertiary/aromatic N) is 2.